The summed E-state index contributed by atoms with van der Waals surface area (Å²) in [4.78, 5) is 21.0. The number of hydrogen-bond donors (Lipinski definition) is 2. The van der Waals surface area contributed by atoms with E-state index in [1.54, 1.807) is 22.6 Å². The van der Waals surface area contributed by atoms with Crippen LogP contribution in [0.25, 0.3) is 5.65 Å². The minimum absolute atomic E-state index is 0.0974. The van der Waals surface area contributed by atoms with Crippen molar-refractivity contribution in [3.8, 4) is 11.8 Å². The molecule has 7 nitrogen and oxygen atoms in total. The predicted molar refractivity (Wildman–Crippen MR) is 92.4 cm³/mol. The van der Waals surface area contributed by atoms with Crippen molar-refractivity contribution in [2.75, 3.05) is 5.32 Å². The number of fused-ring (bicyclic) bond motifs is 1. The zero-order chi connectivity index (χ0) is 17.8. The van der Waals surface area contributed by atoms with E-state index >= 15 is 0 Å². The molecule has 7 heteroatoms. The minimum atomic E-state index is -0.445. The first-order valence-corrected chi connectivity index (χ1v) is 8.00. The Morgan fingerprint density at radius 2 is 2.20 bits per heavy atom. The molecule has 25 heavy (non-hydrogen) atoms. The molecular weight excluding hydrogens is 318 g/mol. The average molecular weight is 335 g/mol. The zero-order valence-electron chi connectivity index (χ0n) is 13.7. The molecule has 0 radical (unpaired) electrons. The number of benzene rings is 1. The zero-order valence-corrected chi connectivity index (χ0v) is 13.7. The van der Waals surface area contributed by atoms with Crippen molar-refractivity contribution < 1.29 is 9.90 Å². The van der Waals surface area contributed by atoms with Crippen LogP contribution in [0.1, 0.15) is 41.5 Å². The molecule has 1 aromatic carbocycles. The quantitative estimate of drug-likeness (QED) is 0.746. The second-order valence-corrected chi connectivity index (χ2v) is 5.61. The lowest BCUT2D eigenvalue weighted by molar-refractivity contribution is 0.102. The maximum atomic E-state index is 12.5. The molecule has 0 saturated carbocycles. The van der Waals surface area contributed by atoms with E-state index in [-0.39, 0.29) is 17.0 Å². The van der Waals surface area contributed by atoms with Gasteiger partial charge in [0.05, 0.1) is 5.56 Å². The van der Waals surface area contributed by atoms with Crippen LogP contribution < -0.4 is 5.32 Å². The van der Waals surface area contributed by atoms with Crippen LogP contribution in [0.5, 0.6) is 5.75 Å². The number of phenols is 1. The van der Waals surface area contributed by atoms with Crippen molar-refractivity contribution in [3.05, 3.63) is 53.6 Å². The summed E-state index contributed by atoms with van der Waals surface area (Å²) in [6, 6.07) is 10.1. The van der Waals surface area contributed by atoms with Gasteiger partial charge >= 0.3 is 0 Å². The summed E-state index contributed by atoms with van der Waals surface area (Å²) in [5.74, 6) is -0.0857. The predicted octanol–water partition coefficient (Wildman–Crippen LogP) is 2.90. The van der Waals surface area contributed by atoms with Gasteiger partial charge in [-0.25, -0.2) is 9.97 Å². The first kappa shape index (κ1) is 16.5. The second kappa shape index (κ2) is 7.01. The van der Waals surface area contributed by atoms with E-state index < -0.39 is 5.91 Å². The molecule has 0 fully saturated rings. The van der Waals surface area contributed by atoms with Crippen LogP contribution in [-0.2, 0) is 6.42 Å². The number of nitrogens with one attached hydrogen (secondary N) is 1. The molecule has 3 rings (SSSR count). The molecule has 0 atom stereocenters. The number of nitrogens with zero attached hydrogens (tertiary/aromatic N) is 4. The van der Waals surface area contributed by atoms with Gasteiger partial charge in [-0.3, -0.25) is 9.20 Å². The SMILES string of the molecule is CCCCc1cc(NC(=O)c2ccccc2O)n2cnc(C#N)c2n1. The Bertz CT molecular complexity index is 971. The number of imidazole rings is 1. The van der Waals surface area contributed by atoms with Gasteiger partial charge in [-0.2, -0.15) is 5.26 Å². The number of phenolic OH excluding ortho intramolecular Hbond substituents is 1. The first-order chi connectivity index (χ1) is 12.1. The largest absolute Gasteiger partial charge is 0.507 e. The molecule has 2 heterocycles. The molecule has 126 valence electrons. The van der Waals surface area contributed by atoms with E-state index in [9.17, 15) is 15.2 Å². The van der Waals surface area contributed by atoms with E-state index in [4.69, 9.17) is 0 Å². The lowest BCUT2D eigenvalue weighted by atomic mass is 10.2. The number of carbonyl (C=O) groups excluding carboxylic acids is 1. The summed E-state index contributed by atoms with van der Waals surface area (Å²) in [6.45, 7) is 2.08. The third-order valence-electron chi connectivity index (χ3n) is 3.84. The summed E-state index contributed by atoms with van der Waals surface area (Å²) >= 11 is 0. The number of aromatic hydroxyl groups is 1. The summed E-state index contributed by atoms with van der Waals surface area (Å²) in [5, 5.41) is 21.8. The monoisotopic (exact) mass is 335 g/mol. The van der Waals surface area contributed by atoms with Crippen LogP contribution in [0, 0.1) is 11.3 Å². The van der Waals surface area contributed by atoms with Crippen molar-refractivity contribution in [2.45, 2.75) is 26.2 Å². The number of amides is 1. The van der Waals surface area contributed by atoms with Gasteiger partial charge in [0, 0.05) is 11.8 Å². The third-order valence-corrected chi connectivity index (χ3v) is 3.84. The highest BCUT2D eigenvalue weighted by molar-refractivity contribution is 6.05. The second-order valence-electron chi connectivity index (χ2n) is 5.61. The first-order valence-electron chi connectivity index (χ1n) is 8.00. The van der Waals surface area contributed by atoms with E-state index in [1.165, 1.54) is 18.5 Å². The summed E-state index contributed by atoms with van der Waals surface area (Å²) in [7, 11) is 0. The summed E-state index contributed by atoms with van der Waals surface area (Å²) < 4.78 is 1.56. The average Bonchev–Trinajstić information content (AvgIpc) is 3.03. The van der Waals surface area contributed by atoms with Gasteiger partial charge < -0.3 is 10.4 Å². The van der Waals surface area contributed by atoms with Crippen molar-refractivity contribution in [1.29, 1.82) is 5.26 Å². The molecule has 1 amide bonds. The fraction of sp³-hybridized carbons (Fsp3) is 0.222. The van der Waals surface area contributed by atoms with E-state index in [2.05, 4.69) is 22.2 Å². The van der Waals surface area contributed by atoms with Gasteiger partial charge in [-0.15, -0.1) is 0 Å². The summed E-state index contributed by atoms with van der Waals surface area (Å²) in [5.41, 5.74) is 1.56. The van der Waals surface area contributed by atoms with Gasteiger partial charge in [0.15, 0.2) is 11.3 Å². The van der Waals surface area contributed by atoms with E-state index in [0.717, 1.165) is 25.0 Å². The number of anilines is 1. The summed E-state index contributed by atoms with van der Waals surface area (Å²) in [6.07, 6.45) is 4.15. The molecule has 0 aliphatic heterocycles. The standard InChI is InChI=1S/C18H17N5O2/c1-2-3-6-12-9-16(23-11-20-14(10-19)17(23)21-12)22-18(25)13-7-4-5-8-15(13)24/h4-5,7-9,11,24H,2-3,6H2,1H3,(H,22,25). The van der Waals surface area contributed by atoms with Crippen molar-refractivity contribution in [2.24, 2.45) is 0 Å². The molecule has 0 saturated heterocycles. The molecule has 0 bridgehead atoms. The highest BCUT2D eigenvalue weighted by Gasteiger charge is 2.15. The smallest absolute Gasteiger partial charge is 0.260 e. The highest BCUT2D eigenvalue weighted by Crippen LogP contribution is 2.20. The fourth-order valence-corrected chi connectivity index (χ4v) is 2.53. The van der Waals surface area contributed by atoms with Crippen molar-refractivity contribution >= 4 is 17.4 Å². The molecule has 0 spiro atoms. The van der Waals surface area contributed by atoms with Crippen molar-refractivity contribution in [3.63, 3.8) is 0 Å². The maximum absolute atomic E-state index is 12.5. The molecule has 0 aliphatic carbocycles. The van der Waals surface area contributed by atoms with E-state index in [1.807, 2.05) is 6.07 Å². The minimum Gasteiger partial charge on any atom is -0.507 e. The van der Waals surface area contributed by atoms with Crippen LogP contribution >= 0.6 is 0 Å². The molecule has 3 aromatic rings. The highest BCUT2D eigenvalue weighted by atomic mass is 16.3. The number of unbranched alkanes of at least 4 members (excludes halogenated alkanes) is 1. The number of rotatable bonds is 5. The Kier molecular flexibility index (Phi) is 4.61. The normalized spacial score (nSPS) is 10.6. The van der Waals surface area contributed by atoms with Crippen LogP contribution in [0.4, 0.5) is 5.82 Å². The Morgan fingerprint density at radius 1 is 1.40 bits per heavy atom. The maximum Gasteiger partial charge on any atom is 0.260 e. The Morgan fingerprint density at radius 3 is 2.92 bits per heavy atom. The molecule has 0 aliphatic rings. The number of aryl methyl sites for hydroxylation is 1. The molecule has 2 aromatic heterocycles. The molecule has 0 unspecified atom stereocenters. The third kappa shape index (κ3) is 3.28. The van der Waals surface area contributed by atoms with Gasteiger partial charge in [0.1, 0.15) is 24.0 Å². The topological polar surface area (TPSA) is 103 Å². The molecule has 2 N–H and O–H groups in total. The van der Waals surface area contributed by atoms with E-state index in [0.29, 0.717) is 11.5 Å². The van der Waals surface area contributed by atoms with Crippen LogP contribution in [0.15, 0.2) is 36.7 Å². The number of aromatic nitrogens is 3. The number of nitriles is 1. The number of hydrogen-bond acceptors (Lipinski definition) is 5. The Balaban J connectivity index is 2.02. The van der Waals surface area contributed by atoms with Crippen molar-refractivity contribution in [1.82, 2.24) is 14.4 Å². The lowest BCUT2D eigenvalue weighted by Crippen LogP contribution is -2.15. The van der Waals surface area contributed by atoms with Crippen LogP contribution in [0.2, 0.25) is 0 Å². The molecular formula is C18H17N5O2. The number of carbonyl (C=O) groups is 1. The van der Waals surface area contributed by atoms with Gasteiger partial charge in [-0.1, -0.05) is 25.5 Å². The van der Waals surface area contributed by atoms with Crippen LogP contribution in [0.3, 0.4) is 0 Å². The Labute approximate surface area is 144 Å². The number of para-hydroxylation sites is 1. The van der Waals surface area contributed by atoms with Gasteiger partial charge in [0.25, 0.3) is 5.91 Å². The van der Waals surface area contributed by atoms with Gasteiger partial charge in [0.2, 0.25) is 0 Å². The lowest BCUT2D eigenvalue weighted by Gasteiger charge is -2.11. The fourth-order valence-electron chi connectivity index (χ4n) is 2.53. The van der Waals surface area contributed by atoms with Gasteiger partial charge in [-0.05, 0) is 25.0 Å². The van der Waals surface area contributed by atoms with Crippen LogP contribution in [-0.4, -0.2) is 25.4 Å². The Hall–Kier alpha value is -3.40.